The summed E-state index contributed by atoms with van der Waals surface area (Å²) >= 11 is 6.60. The quantitative estimate of drug-likeness (QED) is 0.389. The summed E-state index contributed by atoms with van der Waals surface area (Å²) in [4.78, 5) is 25.0. The minimum Gasteiger partial charge on any atom is -0.388 e. The molecule has 0 aliphatic carbocycles. The van der Waals surface area contributed by atoms with E-state index in [1.165, 1.54) is 16.7 Å². The second-order valence-electron chi connectivity index (χ2n) is 6.71. The van der Waals surface area contributed by atoms with Gasteiger partial charge in [-0.2, -0.15) is 0 Å². The highest BCUT2D eigenvalue weighted by atomic mass is 35.5. The smallest absolute Gasteiger partial charge is 0.333 e. The number of carbonyl (C=O) groups excluding carboxylic acids is 1. The number of hydrogen-bond donors (Lipinski definition) is 3. The summed E-state index contributed by atoms with van der Waals surface area (Å²) in [5, 5.41) is 6.89. The average molecular weight is 489 g/mol. The molecule has 0 saturated carbocycles. The third kappa shape index (κ3) is 4.47. The van der Waals surface area contributed by atoms with Crippen molar-refractivity contribution in [2.45, 2.75) is 4.21 Å². The van der Waals surface area contributed by atoms with Gasteiger partial charge in [-0.15, -0.1) is 11.3 Å². The predicted octanol–water partition coefficient (Wildman–Crippen LogP) is 4.26. The van der Waals surface area contributed by atoms with Crippen molar-refractivity contribution in [2.24, 2.45) is 0 Å². The van der Waals surface area contributed by atoms with Gasteiger partial charge in [-0.05, 0) is 66.0 Å². The lowest BCUT2D eigenvalue weighted by Gasteiger charge is -2.10. The average Bonchev–Trinajstić information content (AvgIpc) is 3.21. The van der Waals surface area contributed by atoms with Crippen molar-refractivity contribution < 1.29 is 13.2 Å². The van der Waals surface area contributed by atoms with Crippen LogP contribution in [0.4, 0.5) is 16.2 Å². The zero-order chi connectivity index (χ0) is 22.9. The molecule has 164 valence electrons. The highest BCUT2D eigenvalue weighted by Crippen LogP contribution is 2.25. The number of fused-ring (bicyclic) bond motifs is 1. The summed E-state index contributed by atoms with van der Waals surface area (Å²) in [5.74, 6) is 0. The summed E-state index contributed by atoms with van der Waals surface area (Å²) in [6, 6.07) is 15.6. The number of halogens is 1. The van der Waals surface area contributed by atoms with Crippen molar-refractivity contribution in [1.82, 2.24) is 9.29 Å². The Labute approximate surface area is 192 Å². The molecule has 2 aromatic heterocycles. The van der Waals surface area contributed by atoms with Crippen molar-refractivity contribution in [3.8, 4) is 5.69 Å². The van der Waals surface area contributed by atoms with Gasteiger partial charge in [-0.25, -0.2) is 17.9 Å². The number of amides is 2. The minimum atomic E-state index is -4.02. The van der Waals surface area contributed by atoms with E-state index in [1.807, 2.05) is 30.0 Å². The summed E-state index contributed by atoms with van der Waals surface area (Å²) in [6.07, 6.45) is 1.68. The van der Waals surface area contributed by atoms with Crippen LogP contribution in [0.5, 0.6) is 0 Å². The van der Waals surface area contributed by atoms with Crippen LogP contribution in [0, 0.1) is 0 Å². The van der Waals surface area contributed by atoms with Crippen LogP contribution in [0.15, 0.2) is 75.9 Å². The largest absolute Gasteiger partial charge is 0.388 e. The number of nitrogens with one attached hydrogen (secondary N) is 3. The standard InChI is InChI=1S/C21H17ClN4O4S2/c1-23-15-4-7-17-13(12-15)10-11-26(20(17)27)16-5-2-14(3-6-16)24-21(28)25-32(29,30)19-9-8-18(22)31-19/h2-12,23H,1H3,(H2,24,25,28). The Kier molecular flexibility index (Phi) is 5.92. The summed E-state index contributed by atoms with van der Waals surface area (Å²) < 4.78 is 28.1. The summed E-state index contributed by atoms with van der Waals surface area (Å²) in [6.45, 7) is 0. The number of carbonyl (C=O) groups is 1. The first kappa shape index (κ1) is 21.9. The van der Waals surface area contributed by atoms with E-state index in [2.05, 4.69) is 10.6 Å². The van der Waals surface area contributed by atoms with E-state index in [1.54, 1.807) is 36.5 Å². The first-order valence-electron chi connectivity index (χ1n) is 9.29. The van der Waals surface area contributed by atoms with Crippen LogP contribution >= 0.6 is 22.9 Å². The Hall–Kier alpha value is -3.34. The molecule has 0 unspecified atom stereocenters. The van der Waals surface area contributed by atoms with Crippen molar-refractivity contribution in [1.29, 1.82) is 0 Å². The van der Waals surface area contributed by atoms with Gasteiger partial charge in [-0.3, -0.25) is 9.36 Å². The number of pyridine rings is 1. The van der Waals surface area contributed by atoms with E-state index < -0.39 is 16.1 Å². The zero-order valence-electron chi connectivity index (χ0n) is 16.6. The molecule has 0 radical (unpaired) electrons. The number of benzene rings is 2. The Balaban J connectivity index is 1.51. The maximum Gasteiger partial charge on any atom is 0.333 e. The molecule has 11 heteroatoms. The van der Waals surface area contributed by atoms with Crippen LogP contribution in [-0.2, 0) is 10.0 Å². The van der Waals surface area contributed by atoms with Gasteiger partial charge >= 0.3 is 6.03 Å². The number of nitrogens with zero attached hydrogens (tertiary/aromatic N) is 1. The van der Waals surface area contributed by atoms with Gasteiger partial charge in [0.1, 0.15) is 4.21 Å². The molecule has 2 aromatic carbocycles. The normalized spacial score (nSPS) is 11.3. The fraction of sp³-hybridized carbons (Fsp3) is 0.0476. The molecule has 0 aliphatic heterocycles. The van der Waals surface area contributed by atoms with Crippen LogP contribution in [0.2, 0.25) is 4.34 Å². The van der Waals surface area contributed by atoms with E-state index in [-0.39, 0.29) is 9.77 Å². The van der Waals surface area contributed by atoms with Gasteiger partial charge in [-0.1, -0.05) is 11.6 Å². The van der Waals surface area contributed by atoms with Crippen LogP contribution in [0.25, 0.3) is 16.5 Å². The van der Waals surface area contributed by atoms with Crippen LogP contribution < -0.4 is 20.9 Å². The van der Waals surface area contributed by atoms with E-state index in [4.69, 9.17) is 11.6 Å². The van der Waals surface area contributed by atoms with Crippen LogP contribution in [0.1, 0.15) is 0 Å². The Morgan fingerprint density at radius 3 is 2.38 bits per heavy atom. The lowest BCUT2D eigenvalue weighted by molar-refractivity contribution is 0.256. The molecule has 4 aromatic rings. The second-order valence-corrected chi connectivity index (χ2v) is 10.3. The fourth-order valence-electron chi connectivity index (χ4n) is 3.08. The van der Waals surface area contributed by atoms with Crippen molar-refractivity contribution in [3.63, 3.8) is 0 Å². The number of urea groups is 1. The van der Waals surface area contributed by atoms with Gasteiger partial charge in [0.25, 0.3) is 15.6 Å². The first-order chi connectivity index (χ1) is 15.3. The lowest BCUT2D eigenvalue weighted by Crippen LogP contribution is -2.33. The van der Waals surface area contributed by atoms with Crippen molar-refractivity contribution in [2.75, 3.05) is 17.7 Å². The van der Waals surface area contributed by atoms with Crippen LogP contribution in [-0.4, -0.2) is 26.1 Å². The molecule has 4 rings (SSSR count). The van der Waals surface area contributed by atoms with Gasteiger partial charge < -0.3 is 10.6 Å². The molecular weight excluding hydrogens is 472 g/mol. The minimum absolute atomic E-state index is 0.0643. The number of aromatic nitrogens is 1. The lowest BCUT2D eigenvalue weighted by atomic mass is 10.1. The SMILES string of the molecule is CNc1ccc2c(=O)n(-c3ccc(NC(=O)NS(=O)(=O)c4ccc(Cl)s4)cc3)ccc2c1. The molecule has 0 atom stereocenters. The molecule has 0 saturated heterocycles. The number of anilines is 2. The third-order valence-corrected chi connectivity index (χ3v) is 7.69. The number of sulfonamides is 1. The van der Waals surface area contributed by atoms with E-state index >= 15 is 0 Å². The Morgan fingerprint density at radius 2 is 1.72 bits per heavy atom. The van der Waals surface area contributed by atoms with Gasteiger partial charge in [0.2, 0.25) is 0 Å². The molecular formula is C21H17ClN4O4S2. The molecule has 0 fully saturated rings. The van der Waals surface area contributed by atoms with Crippen molar-refractivity contribution in [3.05, 3.63) is 81.6 Å². The Bertz CT molecular complexity index is 1480. The molecule has 2 heterocycles. The zero-order valence-corrected chi connectivity index (χ0v) is 19.0. The summed E-state index contributed by atoms with van der Waals surface area (Å²) in [7, 11) is -2.21. The predicted molar refractivity (Wildman–Crippen MR) is 128 cm³/mol. The number of hydrogen-bond acceptors (Lipinski definition) is 6. The molecule has 0 bridgehead atoms. The molecule has 0 spiro atoms. The highest BCUT2D eigenvalue weighted by Gasteiger charge is 2.19. The maximum atomic E-state index is 12.9. The van der Waals surface area contributed by atoms with E-state index in [9.17, 15) is 18.0 Å². The van der Waals surface area contributed by atoms with Gasteiger partial charge in [0, 0.05) is 35.7 Å². The monoisotopic (exact) mass is 488 g/mol. The highest BCUT2D eigenvalue weighted by molar-refractivity contribution is 7.92. The number of thiophene rings is 1. The second kappa shape index (κ2) is 8.65. The van der Waals surface area contributed by atoms with Crippen molar-refractivity contribution >= 4 is 61.1 Å². The van der Waals surface area contributed by atoms with E-state index in [0.717, 1.165) is 22.4 Å². The molecule has 8 nitrogen and oxygen atoms in total. The van der Waals surface area contributed by atoms with Gasteiger partial charge in [0.15, 0.2) is 0 Å². The maximum absolute atomic E-state index is 12.9. The molecule has 0 aliphatic rings. The molecule has 3 N–H and O–H groups in total. The third-order valence-electron chi connectivity index (χ3n) is 4.64. The Morgan fingerprint density at radius 1 is 1.00 bits per heavy atom. The fourth-order valence-corrected chi connectivity index (χ4v) is 5.47. The molecule has 2 amide bonds. The topological polar surface area (TPSA) is 109 Å². The first-order valence-corrected chi connectivity index (χ1v) is 12.0. The summed E-state index contributed by atoms with van der Waals surface area (Å²) in [5.41, 5.74) is 1.69. The van der Waals surface area contributed by atoms with Crippen LogP contribution in [0.3, 0.4) is 0 Å². The van der Waals surface area contributed by atoms with Gasteiger partial charge in [0.05, 0.1) is 4.34 Å². The molecule has 32 heavy (non-hydrogen) atoms. The number of rotatable bonds is 5. The van der Waals surface area contributed by atoms with E-state index in [0.29, 0.717) is 21.1 Å².